The molecule has 27 heavy (non-hydrogen) atoms. The van der Waals surface area contributed by atoms with Crippen LogP contribution < -0.4 is 16.0 Å². The fourth-order valence-corrected chi connectivity index (χ4v) is 3.29. The summed E-state index contributed by atoms with van der Waals surface area (Å²) < 4.78 is 51.7. The molecule has 1 aliphatic rings. The lowest BCUT2D eigenvalue weighted by Gasteiger charge is -2.19. The lowest BCUT2D eigenvalue weighted by atomic mass is 10.3. The molecular weight excluding hydrogens is 382 g/mol. The summed E-state index contributed by atoms with van der Waals surface area (Å²) in [6, 6.07) is 6.74. The number of aromatic nitrogens is 2. The van der Waals surface area contributed by atoms with Crippen LogP contribution in [0.2, 0.25) is 0 Å². The Morgan fingerprint density at radius 3 is 2.48 bits per heavy atom. The molecule has 0 spiro atoms. The van der Waals surface area contributed by atoms with Crippen LogP contribution in [0.1, 0.15) is 12.0 Å². The van der Waals surface area contributed by atoms with E-state index in [1.807, 2.05) is 0 Å². The monoisotopic (exact) mass is 401 g/mol. The summed E-state index contributed by atoms with van der Waals surface area (Å²) in [5.41, 5.74) is 2.11. The fourth-order valence-electron chi connectivity index (χ4n) is 2.42. The zero-order chi connectivity index (χ0) is 19.7. The molecule has 7 nitrogen and oxygen atoms in total. The zero-order valence-corrected chi connectivity index (χ0v) is 15.6. The van der Waals surface area contributed by atoms with Gasteiger partial charge in [0.2, 0.25) is 5.95 Å². The molecule has 0 aliphatic carbocycles. The molecular formula is C16H19F3N5O2P. The van der Waals surface area contributed by atoms with Crippen molar-refractivity contribution < 1.29 is 22.6 Å². The maximum atomic E-state index is 13.2. The second-order valence-electron chi connectivity index (χ2n) is 6.38. The molecule has 3 rings (SSSR count). The Balaban J connectivity index is 1.84. The molecule has 0 atom stereocenters. The topological polar surface area (TPSA) is 79.4 Å². The van der Waals surface area contributed by atoms with Gasteiger partial charge in [-0.05, 0) is 44.0 Å². The van der Waals surface area contributed by atoms with Crippen molar-refractivity contribution in [3.05, 3.63) is 36.0 Å². The molecule has 1 saturated heterocycles. The average Bonchev–Trinajstić information content (AvgIpc) is 3.06. The van der Waals surface area contributed by atoms with E-state index in [9.17, 15) is 17.7 Å². The summed E-state index contributed by atoms with van der Waals surface area (Å²) in [5.74, 6) is -0.404. The number of halogens is 3. The Labute approximate surface area is 154 Å². The number of benzene rings is 1. The van der Waals surface area contributed by atoms with Crippen LogP contribution in [-0.4, -0.2) is 41.6 Å². The molecule has 0 saturated carbocycles. The van der Waals surface area contributed by atoms with E-state index in [4.69, 9.17) is 4.84 Å². The van der Waals surface area contributed by atoms with Gasteiger partial charge in [-0.2, -0.15) is 18.2 Å². The number of anilines is 3. The van der Waals surface area contributed by atoms with Crippen molar-refractivity contribution >= 4 is 29.9 Å². The number of nitrogens with one attached hydrogen (secondary N) is 2. The molecule has 0 bridgehead atoms. The highest BCUT2D eigenvalue weighted by Crippen LogP contribution is 2.36. The van der Waals surface area contributed by atoms with Gasteiger partial charge in [-0.1, -0.05) is 0 Å². The zero-order valence-electron chi connectivity index (χ0n) is 14.7. The number of hydrazine groups is 1. The number of alkyl halides is 3. The van der Waals surface area contributed by atoms with Crippen molar-refractivity contribution in [2.24, 2.45) is 0 Å². The average molecular weight is 401 g/mol. The first kappa shape index (κ1) is 19.6. The van der Waals surface area contributed by atoms with Gasteiger partial charge in [-0.15, -0.1) is 5.17 Å². The van der Waals surface area contributed by atoms with Crippen molar-refractivity contribution in [2.45, 2.75) is 12.6 Å². The molecule has 146 valence electrons. The molecule has 2 heterocycles. The molecule has 2 N–H and O–H groups in total. The summed E-state index contributed by atoms with van der Waals surface area (Å²) in [6.07, 6.45) is -3.18. The summed E-state index contributed by atoms with van der Waals surface area (Å²) in [7, 11) is -2.38. The largest absolute Gasteiger partial charge is 0.421 e. The van der Waals surface area contributed by atoms with Crippen molar-refractivity contribution in [1.82, 2.24) is 15.1 Å². The number of hydrogen-bond donors (Lipinski definition) is 2. The highest BCUT2D eigenvalue weighted by atomic mass is 31.2. The van der Waals surface area contributed by atoms with E-state index in [0.29, 0.717) is 36.8 Å². The minimum atomic E-state index is -4.61. The first-order valence-corrected chi connectivity index (χ1v) is 10.8. The Hall–Kier alpha value is -2.16. The summed E-state index contributed by atoms with van der Waals surface area (Å²) >= 11 is 0. The Kier molecular flexibility index (Phi) is 5.41. The van der Waals surface area contributed by atoms with Crippen LogP contribution in [-0.2, 0) is 15.6 Å². The third-order valence-electron chi connectivity index (χ3n) is 3.82. The fraction of sp³-hybridized carbons (Fsp3) is 0.375. The van der Waals surface area contributed by atoms with E-state index < -0.39 is 24.7 Å². The first-order valence-electron chi connectivity index (χ1n) is 8.17. The van der Waals surface area contributed by atoms with Crippen LogP contribution in [0.4, 0.5) is 30.6 Å². The van der Waals surface area contributed by atoms with Gasteiger partial charge in [0.25, 0.3) is 0 Å². The van der Waals surface area contributed by atoms with Gasteiger partial charge in [0.15, 0.2) is 5.82 Å². The third kappa shape index (κ3) is 4.97. The lowest BCUT2D eigenvalue weighted by molar-refractivity contribution is -0.138. The van der Waals surface area contributed by atoms with Crippen molar-refractivity contribution in [2.75, 3.05) is 37.2 Å². The van der Waals surface area contributed by atoms with E-state index in [0.717, 1.165) is 0 Å². The summed E-state index contributed by atoms with van der Waals surface area (Å²) in [6.45, 7) is 4.19. The van der Waals surface area contributed by atoms with Crippen LogP contribution in [0.25, 0.3) is 0 Å². The number of rotatable bonds is 5. The van der Waals surface area contributed by atoms with E-state index in [2.05, 4.69) is 20.7 Å². The maximum Gasteiger partial charge on any atom is 0.421 e. The number of nitrogens with zero attached hydrogens (tertiary/aromatic N) is 3. The van der Waals surface area contributed by atoms with Gasteiger partial charge in [-0.25, -0.2) is 4.98 Å². The second kappa shape index (κ2) is 7.46. The minimum absolute atomic E-state index is 0.00590. The molecule has 0 unspecified atom stereocenters. The van der Waals surface area contributed by atoms with Crippen molar-refractivity contribution in [3.63, 3.8) is 0 Å². The quantitative estimate of drug-likeness (QED) is 0.743. The predicted octanol–water partition coefficient (Wildman–Crippen LogP) is 3.45. The van der Waals surface area contributed by atoms with E-state index in [1.54, 1.807) is 37.6 Å². The van der Waals surface area contributed by atoms with Crippen LogP contribution in [0.3, 0.4) is 0 Å². The maximum absolute atomic E-state index is 13.2. The van der Waals surface area contributed by atoms with Gasteiger partial charge in [0, 0.05) is 23.7 Å². The Morgan fingerprint density at radius 2 is 1.93 bits per heavy atom. The molecule has 1 aromatic carbocycles. The van der Waals surface area contributed by atoms with Gasteiger partial charge in [0.05, 0.1) is 6.61 Å². The summed E-state index contributed by atoms with van der Waals surface area (Å²) in [5, 5.41) is 4.77. The standard InChI is InChI=1S/C16H19F3N5O2P/c1-27(2,25)12-6-4-11(5-7-12)21-15-20-10-13(16(17,18)19)14(22-15)23-24-8-3-9-26-24/h4-7,10H,3,8-9H2,1-2H3,(H2,20,21,22,23). The highest BCUT2D eigenvalue weighted by molar-refractivity contribution is 7.70. The first-order chi connectivity index (χ1) is 12.6. The smallest absolute Gasteiger partial charge is 0.324 e. The predicted molar refractivity (Wildman–Crippen MR) is 96.7 cm³/mol. The SMILES string of the molecule is CP(C)(=O)c1ccc(Nc2ncc(C(F)(F)F)c(NN3CCCO3)n2)cc1. The summed E-state index contributed by atoms with van der Waals surface area (Å²) in [4.78, 5) is 12.9. The molecule has 0 radical (unpaired) electrons. The van der Waals surface area contributed by atoms with Crippen LogP contribution in [0.15, 0.2) is 30.5 Å². The second-order valence-corrected chi connectivity index (χ2v) is 9.60. The molecule has 0 amide bonds. The molecule has 1 fully saturated rings. The number of hydrogen-bond acceptors (Lipinski definition) is 7. The highest BCUT2D eigenvalue weighted by Gasteiger charge is 2.36. The van der Waals surface area contributed by atoms with Gasteiger partial charge in [0.1, 0.15) is 12.7 Å². The molecule has 11 heteroatoms. The van der Waals surface area contributed by atoms with E-state index in [-0.39, 0.29) is 5.95 Å². The van der Waals surface area contributed by atoms with Gasteiger partial charge >= 0.3 is 6.18 Å². The Morgan fingerprint density at radius 1 is 1.22 bits per heavy atom. The third-order valence-corrected chi connectivity index (χ3v) is 5.36. The van der Waals surface area contributed by atoms with E-state index >= 15 is 0 Å². The van der Waals surface area contributed by atoms with Crippen LogP contribution in [0.5, 0.6) is 0 Å². The molecule has 2 aromatic rings. The van der Waals surface area contributed by atoms with Gasteiger partial charge in [-0.3, -0.25) is 10.3 Å². The van der Waals surface area contributed by atoms with Crippen molar-refractivity contribution in [1.29, 1.82) is 0 Å². The van der Waals surface area contributed by atoms with Crippen LogP contribution in [0, 0.1) is 0 Å². The Bertz CT molecular complexity index is 848. The normalized spacial score (nSPS) is 15.7. The lowest BCUT2D eigenvalue weighted by Crippen LogP contribution is -2.28. The minimum Gasteiger partial charge on any atom is -0.324 e. The molecule has 1 aromatic heterocycles. The van der Waals surface area contributed by atoms with Crippen LogP contribution >= 0.6 is 7.14 Å². The molecule has 1 aliphatic heterocycles. The number of hydroxylamine groups is 1. The van der Waals surface area contributed by atoms with Gasteiger partial charge < -0.3 is 9.88 Å². The van der Waals surface area contributed by atoms with Crippen molar-refractivity contribution in [3.8, 4) is 0 Å². The van der Waals surface area contributed by atoms with E-state index in [1.165, 1.54) is 5.17 Å².